The predicted octanol–water partition coefficient (Wildman–Crippen LogP) is 1.07. The summed E-state index contributed by atoms with van der Waals surface area (Å²) in [6.07, 6.45) is 0. The van der Waals surface area contributed by atoms with Gasteiger partial charge in [-0.3, -0.25) is 0 Å². The van der Waals surface area contributed by atoms with Crippen molar-refractivity contribution in [1.29, 1.82) is 0 Å². The number of hydrogen-bond donors (Lipinski definition) is 6. The quantitative estimate of drug-likeness (QED) is 0.359. The second-order valence-corrected chi connectivity index (χ2v) is 3.80. The fourth-order valence-electron chi connectivity index (χ4n) is 1.82. The minimum atomic E-state index is -0.301. The molecular weight excluding hydrogens is 238 g/mol. The second-order valence-electron chi connectivity index (χ2n) is 3.80. The van der Waals surface area contributed by atoms with Crippen molar-refractivity contribution in [1.82, 2.24) is 0 Å². The van der Waals surface area contributed by atoms with Crippen LogP contribution < -0.4 is 5.32 Å². The van der Waals surface area contributed by atoms with Crippen LogP contribution in [0.3, 0.4) is 0 Å². The van der Waals surface area contributed by atoms with E-state index in [1.165, 1.54) is 18.2 Å². The van der Waals surface area contributed by atoms with Gasteiger partial charge in [-0.05, 0) is 12.1 Å². The third kappa shape index (κ3) is 1.82. The zero-order chi connectivity index (χ0) is 13.3. The Morgan fingerprint density at radius 2 is 1.50 bits per heavy atom. The normalized spacial score (nSPS) is 10.7. The number of nitrogens with one attached hydrogen (secondary N) is 1. The molecule has 0 aliphatic carbocycles. The van der Waals surface area contributed by atoms with Crippen molar-refractivity contribution in [3.63, 3.8) is 0 Å². The Bertz CT molecular complexity index is 597. The van der Waals surface area contributed by atoms with Gasteiger partial charge in [-0.15, -0.1) is 0 Å². The van der Waals surface area contributed by atoms with Gasteiger partial charge in [-0.25, -0.2) is 0 Å². The minimum absolute atomic E-state index is 0.0259. The van der Waals surface area contributed by atoms with E-state index in [2.05, 4.69) is 5.32 Å². The minimum Gasteiger partial charge on any atom is -0.507 e. The van der Waals surface area contributed by atoms with E-state index in [0.29, 0.717) is 0 Å². The molecule has 2 aromatic carbocycles. The lowest BCUT2D eigenvalue weighted by Crippen LogP contribution is -2.05. The maximum Gasteiger partial charge on any atom is 0.150 e. The number of hydrogen-bond acceptors (Lipinski definition) is 6. The van der Waals surface area contributed by atoms with Gasteiger partial charge < -0.3 is 30.8 Å². The molecule has 0 amide bonds. The summed E-state index contributed by atoms with van der Waals surface area (Å²) in [7, 11) is 0. The molecule has 0 aliphatic heterocycles. The number of phenolic OH excluding ortho intramolecular Hbond substituents is 4. The predicted molar refractivity (Wildman–Crippen MR) is 66.2 cm³/mol. The molecule has 2 aromatic rings. The Balaban J connectivity index is 2.73. The highest BCUT2D eigenvalue weighted by Gasteiger charge is 2.17. The topological polar surface area (TPSA) is 113 Å². The van der Waals surface area contributed by atoms with Crippen LogP contribution in [0.4, 0.5) is 5.69 Å². The van der Waals surface area contributed by atoms with Gasteiger partial charge in [0, 0.05) is 12.6 Å². The number of benzene rings is 2. The first-order chi connectivity index (χ1) is 8.56. The lowest BCUT2D eigenvalue weighted by Gasteiger charge is -2.13. The third-order valence-electron chi connectivity index (χ3n) is 2.62. The Labute approximate surface area is 102 Å². The van der Waals surface area contributed by atoms with Gasteiger partial charge in [0.1, 0.15) is 17.2 Å². The number of aromatic hydroxyl groups is 4. The zero-order valence-corrected chi connectivity index (χ0v) is 9.38. The van der Waals surface area contributed by atoms with E-state index in [4.69, 9.17) is 5.11 Å². The van der Waals surface area contributed by atoms with E-state index in [1.54, 1.807) is 0 Å². The van der Waals surface area contributed by atoms with Crippen LogP contribution in [0.15, 0.2) is 18.2 Å². The standard InChI is InChI=1S/C12H13NO5/c14-4-3-13-6-5-9(17)10-7(15)1-2-8(16)11(10)12(6)18/h1-2,5,13-18H,3-4H2. The molecular formula is C12H13NO5. The fraction of sp³-hybridized carbons (Fsp3) is 0.167. The largest absolute Gasteiger partial charge is 0.507 e. The Morgan fingerprint density at radius 3 is 2.11 bits per heavy atom. The SMILES string of the molecule is OCCNc1cc(O)c2c(O)ccc(O)c2c1O. The van der Waals surface area contributed by atoms with Crippen molar-refractivity contribution in [2.45, 2.75) is 0 Å². The first-order valence-electron chi connectivity index (χ1n) is 5.30. The molecule has 0 bridgehead atoms. The Kier molecular flexibility index (Phi) is 3.03. The molecule has 0 radical (unpaired) electrons. The molecule has 2 rings (SSSR count). The third-order valence-corrected chi connectivity index (χ3v) is 2.62. The van der Waals surface area contributed by atoms with Crippen LogP contribution in [0.25, 0.3) is 10.8 Å². The summed E-state index contributed by atoms with van der Waals surface area (Å²) in [6, 6.07) is 3.65. The molecule has 6 N–H and O–H groups in total. The lowest BCUT2D eigenvalue weighted by atomic mass is 10.0. The van der Waals surface area contributed by atoms with E-state index < -0.39 is 0 Å². The van der Waals surface area contributed by atoms with Gasteiger partial charge in [0.15, 0.2) is 5.75 Å². The first-order valence-corrected chi connectivity index (χ1v) is 5.30. The van der Waals surface area contributed by atoms with E-state index in [1.807, 2.05) is 0 Å². The number of fused-ring (bicyclic) bond motifs is 1. The number of anilines is 1. The molecule has 6 heteroatoms. The highest BCUT2D eigenvalue weighted by atomic mass is 16.3. The summed E-state index contributed by atoms with van der Waals surface area (Å²) in [4.78, 5) is 0. The molecule has 0 saturated carbocycles. The highest BCUT2D eigenvalue weighted by molar-refractivity contribution is 6.04. The van der Waals surface area contributed by atoms with E-state index in [9.17, 15) is 20.4 Å². The van der Waals surface area contributed by atoms with E-state index in [0.717, 1.165) is 0 Å². The summed E-state index contributed by atoms with van der Waals surface area (Å²) in [6.45, 7) is 0.0301. The lowest BCUT2D eigenvalue weighted by molar-refractivity contribution is 0.311. The van der Waals surface area contributed by atoms with Crippen molar-refractivity contribution < 1.29 is 25.5 Å². The fourth-order valence-corrected chi connectivity index (χ4v) is 1.82. The maximum absolute atomic E-state index is 9.98. The van der Waals surface area contributed by atoms with Crippen molar-refractivity contribution in [3.8, 4) is 23.0 Å². The summed E-state index contributed by atoms with van der Waals surface area (Å²) in [5, 5.41) is 50.4. The van der Waals surface area contributed by atoms with Crippen LogP contribution >= 0.6 is 0 Å². The molecule has 0 spiro atoms. The molecule has 0 aromatic heterocycles. The Morgan fingerprint density at radius 1 is 0.889 bits per heavy atom. The molecule has 0 saturated heterocycles. The van der Waals surface area contributed by atoms with Crippen molar-refractivity contribution in [3.05, 3.63) is 18.2 Å². The van der Waals surface area contributed by atoms with Gasteiger partial charge >= 0.3 is 0 Å². The van der Waals surface area contributed by atoms with Gasteiger partial charge in [-0.2, -0.15) is 0 Å². The number of aliphatic hydroxyl groups is 1. The molecule has 96 valence electrons. The summed E-state index contributed by atoms with van der Waals surface area (Å²) in [5.41, 5.74) is 0.162. The zero-order valence-electron chi connectivity index (χ0n) is 9.38. The van der Waals surface area contributed by atoms with E-state index in [-0.39, 0.29) is 52.6 Å². The summed E-state index contributed by atoms with van der Waals surface area (Å²) < 4.78 is 0. The highest BCUT2D eigenvalue weighted by Crippen LogP contribution is 2.46. The number of aliphatic hydroxyl groups excluding tert-OH is 1. The number of phenols is 4. The molecule has 0 atom stereocenters. The molecule has 18 heavy (non-hydrogen) atoms. The van der Waals surface area contributed by atoms with Crippen LogP contribution in [0, 0.1) is 0 Å². The second kappa shape index (κ2) is 4.50. The summed E-state index contributed by atoms with van der Waals surface area (Å²) in [5.74, 6) is -1.09. The smallest absolute Gasteiger partial charge is 0.150 e. The van der Waals surface area contributed by atoms with Crippen molar-refractivity contribution in [2.24, 2.45) is 0 Å². The van der Waals surface area contributed by atoms with Crippen LogP contribution in [0.5, 0.6) is 23.0 Å². The van der Waals surface area contributed by atoms with Gasteiger partial charge in [-0.1, -0.05) is 0 Å². The van der Waals surface area contributed by atoms with Gasteiger partial charge in [0.25, 0.3) is 0 Å². The van der Waals surface area contributed by atoms with Crippen LogP contribution in [0.2, 0.25) is 0 Å². The molecule has 0 fully saturated rings. The van der Waals surface area contributed by atoms with Gasteiger partial charge in [0.05, 0.1) is 23.1 Å². The Hall–Kier alpha value is -2.34. The van der Waals surface area contributed by atoms with Crippen LogP contribution in [-0.2, 0) is 0 Å². The molecule has 6 nitrogen and oxygen atoms in total. The molecule has 0 heterocycles. The van der Waals surface area contributed by atoms with Crippen molar-refractivity contribution >= 4 is 16.5 Å². The van der Waals surface area contributed by atoms with Crippen LogP contribution in [-0.4, -0.2) is 38.7 Å². The van der Waals surface area contributed by atoms with E-state index >= 15 is 0 Å². The monoisotopic (exact) mass is 251 g/mol. The number of rotatable bonds is 3. The molecule has 0 unspecified atom stereocenters. The maximum atomic E-state index is 9.98. The first kappa shape index (κ1) is 12.1. The summed E-state index contributed by atoms with van der Waals surface area (Å²) >= 11 is 0. The molecule has 0 aliphatic rings. The van der Waals surface area contributed by atoms with Crippen molar-refractivity contribution in [2.75, 3.05) is 18.5 Å². The van der Waals surface area contributed by atoms with Gasteiger partial charge in [0.2, 0.25) is 0 Å². The van der Waals surface area contributed by atoms with Crippen LogP contribution in [0.1, 0.15) is 0 Å². The average Bonchev–Trinajstić information content (AvgIpc) is 2.34. The average molecular weight is 251 g/mol.